The van der Waals surface area contributed by atoms with E-state index in [0.29, 0.717) is 19.8 Å². The number of hydrogen-bond acceptors (Lipinski definition) is 4. The van der Waals surface area contributed by atoms with E-state index in [1.54, 1.807) is 11.3 Å². The van der Waals surface area contributed by atoms with Crippen molar-refractivity contribution in [2.75, 3.05) is 13.2 Å². The van der Waals surface area contributed by atoms with Gasteiger partial charge in [0, 0.05) is 21.9 Å². The summed E-state index contributed by atoms with van der Waals surface area (Å²) in [5.41, 5.74) is 1.19. The highest BCUT2D eigenvalue weighted by atomic mass is 79.9. The Labute approximate surface area is 138 Å². The van der Waals surface area contributed by atoms with Crippen molar-refractivity contribution in [3.63, 3.8) is 0 Å². The molecule has 0 saturated heterocycles. The van der Waals surface area contributed by atoms with Gasteiger partial charge in [-0.1, -0.05) is 34.1 Å². The van der Waals surface area contributed by atoms with Crippen molar-refractivity contribution >= 4 is 27.3 Å². The number of hydrogen-bond donors (Lipinski definition) is 2. The normalized spacial score (nSPS) is 14.0. The molecule has 21 heavy (non-hydrogen) atoms. The van der Waals surface area contributed by atoms with Gasteiger partial charge in [-0.05, 0) is 36.1 Å². The molecule has 1 aromatic carbocycles. The van der Waals surface area contributed by atoms with Crippen molar-refractivity contribution in [3.8, 4) is 0 Å². The first-order chi connectivity index (χ1) is 10.1. The van der Waals surface area contributed by atoms with Gasteiger partial charge < -0.3 is 15.2 Å². The van der Waals surface area contributed by atoms with Gasteiger partial charge in [0.05, 0.1) is 19.3 Å². The van der Waals surface area contributed by atoms with E-state index in [0.717, 1.165) is 4.47 Å². The van der Waals surface area contributed by atoms with Crippen LogP contribution in [-0.4, -0.2) is 24.4 Å². The maximum absolute atomic E-state index is 9.93. The molecule has 0 aliphatic heterocycles. The van der Waals surface area contributed by atoms with E-state index in [-0.39, 0.29) is 6.04 Å². The molecule has 1 aromatic heterocycles. The third-order valence-electron chi connectivity index (χ3n) is 3.14. The molecule has 2 aromatic rings. The highest BCUT2D eigenvalue weighted by Gasteiger charge is 2.09. The molecule has 0 spiro atoms. The second-order valence-electron chi connectivity index (χ2n) is 4.93. The Kier molecular flexibility index (Phi) is 6.86. The van der Waals surface area contributed by atoms with Crippen LogP contribution in [0.25, 0.3) is 0 Å². The van der Waals surface area contributed by atoms with Crippen molar-refractivity contribution < 1.29 is 9.84 Å². The molecule has 0 aliphatic rings. The molecule has 0 aliphatic carbocycles. The molecule has 0 fully saturated rings. The molecule has 0 bridgehead atoms. The molecule has 2 N–H and O–H groups in total. The van der Waals surface area contributed by atoms with Crippen LogP contribution in [0.2, 0.25) is 0 Å². The lowest BCUT2D eigenvalue weighted by Crippen LogP contribution is -2.32. The summed E-state index contributed by atoms with van der Waals surface area (Å²) in [6.07, 6.45) is -0.500. The predicted molar refractivity (Wildman–Crippen MR) is 90.5 cm³/mol. The molecule has 5 heteroatoms. The smallest absolute Gasteiger partial charge is 0.0898 e. The number of halogens is 1. The number of aliphatic hydroxyl groups excluding tert-OH is 1. The van der Waals surface area contributed by atoms with Crippen molar-refractivity contribution in [3.05, 3.63) is 56.7 Å². The van der Waals surface area contributed by atoms with Crippen LogP contribution in [-0.2, 0) is 11.3 Å². The fourth-order valence-electron chi connectivity index (χ4n) is 1.96. The van der Waals surface area contributed by atoms with Crippen molar-refractivity contribution in [2.24, 2.45) is 0 Å². The summed E-state index contributed by atoms with van der Waals surface area (Å²) in [7, 11) is 0. The first-order valence-electron chi connectivity index (χ1n) is 6.92. The number of aliphatic hydroxyl groups is 1. The van der Waals surface area contributed by atoms with Crippen LogP contribution < -0.4 is 5.32 Å². The minimum Gasteiger partial charge on any atom is -0.389 e. The minimum atomic E-state index is -0.500. The number of rotatable bonds is 8. The lowest BCUT2D eigenvalue weighted by atomic mass is 10.1. The van der Waals surface area contributed by atoms with E-state index in [1.165, 1.54) is 10.4 Å². The van der Waals surface area contributed by atoms with Gasteiger partial charge in [-0.25, -0.2) is 0 Å². The number of thiophene rings is 1. The van der Waals surface area contributed by atoms with Gasteiger partial charge in [0.2, 0.25) is 0 Å². The van der Waals surface area contributed by atoms with Crippen molar-refractivity contribution in [1.29, 1.82) is 0 Å². The van der Waals surface area contributed by atoms with Crippen LogP contribution in [0.3, 0.4) is 0 Å². The van der Waals surface area contributed by atoms with Crippen LogP contribution in [0.1, 0.15) is 23.4 Å². The molecule has 2 atom stereocenters. The zero-order chi connectivity index (χ0) is 15.1. The van der Waals surface area contributed by atoms with Gasteiger partial charge in [-0.2, -0.15) is 0 Å². The summed E-state index contributed by atoms with van der Waals surface area (Å²) in [5.74, 6) is 0. The number of ether oxygens (including phenoxy) is 1. The Morgan fingerprint density at radius 3 is 2.90 bits per heavy atom. The summed E-state index contributed by atoms with van der Waals surface area (Å²) in [5, 5.41) is 15.3. The van der Waals surface area contributed by atoms with E-state index < -0.39 is 6.10 Å². The standard InChI is InChI=1S/C16H20BrNO2S/c1-12(13-4-2-5-14(17)8-13)18-9-15(19)10-20-11-16-6-3-7-21-16/h2-8,12,15,18-19H,9-11H2,1H3. The zero-order valence-corrected chi connectivity index (χ0v) is 14.4. The molecule has 0 saturated carbocycles. The van der Waals surface area contributed by atoms with Crippen LogP contribution in [0.4, 0.5) is 0 Å². The third-order valence-corrected chi connectivity index (χ3v) is 4.49. The fourth-order valence-corrected chi connectivity index (χ4v) is 3.01. The monoisotopic (exact) mass is 369 g/mol. The Hall–Kier alpha value is -0.720. The van der Waals surface area contributed by atoms with Gasteiger partial charge in [-0.3, -0.25) is 0 Å². The summed E-state index contributed by atoms with van der Waals surface area (Å²) in [6, 6.07) is 12.4. The van der Waals surface area contributed by atoms with E-state index >= 15 is 0 Å². The lowest BCUT2D eigenvalue weighted by molar-refractivity contribution is 0.0288. The van der Waals surface area contributed by atoms with Crippen LogP contribution in [0.15, 0.2) is 46.3 Å². The zero-order valence-electron chi connectivity index (χ0n) is 12.0. The van der Waals surface area contributed by atoms with Crippen LogP contribution >= 0.6 is 27.3 Å². The van der Waals surface area contributed by atoms with Gasteiger partial charge in [0.15, 0.2) is 0 Å². The second-order valence-corrected chi connectivity index (χ2v) is 6.88. The van der Waals surface area contributed by atoms with Gasteiger partial charge >= 0.3 is 0 Å². The molecule has 0 radical (unpaired) electrons. The number of nitrogens with one attached hydrogen (secondary N) is 1. The average Bonchev–Trinajstić information content (AvgIpc) is 2.98. The maximum Gasteiger partial charge on any atom is 0.0898 e. The third kappa shape index (κ3) is 5.88. The summed E-state index contributed by atoms with van der Waals surface area (Å²) in [6.45, 7) is 3.51. The quantitative estimate of drug-likeness (QED) is 0.744. The van der Waals surface area contributed by atoms with Gasteiger partial charge in [0.25, 0.3) is 0 Å². The Bertz CT molecular complexity index is 533. The Balaban J connectivity index is 1.67. The molecule has 3 nitrogen and oxygen atoms in total. The van der Waals surface area contributed by atoms with Crippen LogP contribution in [0, 0.1) is 0 Å². The first-order valence-corrected chi connectivity index (χ1v) is 8.59. The predicted octanol–water partition coefficient (Wildman–Crippen LogP) is 3.74. The Morgan fingerprint density at radius 1 is 1.33 bits per heavy atom. The molecule has 0 amide bonds. The van der Waals surface area contributed by atoms with Crippen molar-refractivity contribution in [2.45, 2.75) is 25.7 Å². The van der Waals surface area contributed by atoms with E-state index in [9.17, 15) is 5.11 Å². The molecule has 2 rings (SSSR count). The molecule has 1 heterocycles. The number of benzene rings is 1. The molecular weight excluding hydrogens is 350 g/mol. The molecule has 114 valence electrons. The first kappa shape index (κ1) is 16.6. The van der Waals surface area contributed by atoms with Gasteiger partial charge in [-0.15, -0.1) is 11.3 Å². The van der Waals surface area contributed by atoms with E-state index in [1.807, 2.05) is 29.6 Å². The average molecular weight is 370 g/mol. The summed E-state index contributed by atoms with van der Waals surface area (Å²) >= 11 is 5.13. The van der Waals surface area contributed by atoms with E-state index in [4.69, 9.17) is 4.74 Å². The van der Waals surface area contributed by atoms with Crippen molar-refractivity contribution in [1.82, 2.24) is 5.32 Å². The molecular formula is C16H20BrNO2S. The Morgan fingerprint density at radius 2 is 2.19 bits per heavy atom. The second kappa shape index (κ2) is 8.66. The molecule has 2 unspecified atom stereocenters. The highest BCUT2D eigenvalue weighted by Crippen LogP contribution is 2.17. The van der Waals surface area contributed by atoms with Gasteiger partial charge in [0.1, 0.15) is 0 Å². The topological polar surface area (TPSA) is 41.5 Å². The van der Waals surface area contributed by atoms with E-state index in [2.05, 4.69) is 40.3 Å². The lowest BCUT2D eigenvalue weighted by Gasteiger charge is -2.17. The summed E-state index contributed by atoms with van der Waals surface area (Å²) in [4.78, 5) is 1.18. The SMILES string of the molecule is CC(NCC(O)COCc1cccs1)c1cccc(Br)c1. The minimum absolute atomic E-state index is 0.189. The fraction of sp³-hybridized carbons (Fsp3) is 0.375. The maximum atomic E-state index is 9.93. The largest absolute Gasteiger partial charge is 0.389 e. The highest BCUT2D eigenvalue weighted by molar-refractivity contribution is 9.10. The summed E-state index contributed by atoms with van der Waals surface area (Å²) < 4.78 is 6.57. The van der Waals surface area contributed by atoms with Crippen LogP contribution in [0.5, 0.6) is 0 Å².